The topological polar surface area (TPSA) is 54.4 Å². The Morgan fingerprint density at radius 1 is 1.24 bits per heavy atom. The largest absolute Gasteiger partial charge is 0.393 e. The molecule has 0 aromatic carbocycles. The quantitative estimate of drug-likeness (QED) is 0.844. The Morgan fingerprint density at radius 3 is 2.59 bits per heavy atom. The third kappa shape index (κ3) is 3.22. The van der Waals surface area contributed by atoms with E-state index in [0.717, 1.165) is 25.7 Å². The smallest absolute Gasteiger partial charge is 0.150 e. The van der Waals surface area contributed by atoms with Gasteiger partial charge in [-0.2, -0.15) is 0 Å². The number of sulfone groups is 1. The summed E-state index contributed by atoms with van der Waals surface area (Å²) < 4.78 is 23.0. The van der Waals surface area contributed by atoms with E-state index in [0.29, 0.717) is 17.4 Å². The van der Waals surface area contributed by atoms with Crippen molar-refractivity contribution in [2.45, 2.75) is 51.6 Å². The van der Waals surface area contributed by atoms with Crippen LogP contribution >= 0.6 is 0 Å². The van der Waals surface area contributed by atoms with Gasteiger partial charge in [-0.25, -0.2) is 8.42 Å². The van der Waals surface area contributed by atoms with E-state index < -0.39 is 9.84 Å². The van der Waals surface area contributed by atoms with Crippen molar-refractivity contribution >= 4 is 9.84 Å². The molecule has 4 atom stereocenters. The van der Waals surface area contributed by atoms with Gasteiger partial charge in [0.2, 0.25) is 0 Å². The van der Waals surface area contributed by atoms with Gasteiger partial charge in [0.15, 0.2) is 9.84 Å². The van der Waals surface area contributed by atoms with Gasteiger partial charge in [-0.15, -0.1) is 0 Å². The molecule has 0 spiro atoms. The average Bonchev–Trinajstić information content (AvgIpc) is 2.62. The molecule has 17 heavy (non-hydrogen) atoms. The van der Waals surface area contributed by atoms with Gasteiger partial charge in [0, 0.05) is 0 Å². The fourth-order valence-corrected chi connectivity index (χ4v) is 5.51. The van der Waals surface area contributed by atoms with Crippen molar-refractivity contribution in [2.24, 2.45) is 17.8 Å². The Hall–Kier alpha value is -0.0900. The summed E-state index contributed by atoms with van der Waals surface area (Å²) in [5.74, 6) is 1.80. The zero-order valence-electron chi connectivity index (χ0n) is 10.6. The zero-order valence-corrected chi connectivity index (χ0v) is 11.5. The van der Waals surface area contributed by atoms with Crippen LogP contribution < -0.4 is 0 Å². The van der Waals surface area contributed by atoms with Crippen LogP contribution in [0.25, 0.3) is 0 Å². The molecule has 2 fully saturated rings. The monoisotopic (exact) mass is 260 g/mol. The molecule has 0 bridgehead atoms. The highest BCUT2D eigenvalue weighted by molar-refractivity contribution is 7.91. The molecule has 0 amide bonds. The highest BCUT2D eigenvalue weighted by Crippen LogP contribution is 2.40. The fourth-order valence-electron chi connectivity index (χ4n) is 3.62. The van der Waals surface area contributed by atoms with Crippen molar-refractivity contribution in [2.75, 3.05) is 11.5 Å². The molecule has 1 saturated heterocycles. The van der Waals surface area contributed by atoms with Crippen LogP contribution in [0.15, 0.2) is 0 Å². The normalized spacial score (nSPS) is 41.5. The standard InChI is InChI=1S/C13H24O3S/c1-2-3-10-4-5-13(14)12(8-10)11-6-7-17(15,16)9-11/h10-14H,2-9H2,1H3. The Labute approximate surface area is 105 Å². The van der Waals surface area contributed by atoms with Crippen LogP contribution in [0, 0.1) is 17.8 Å². The van der Waals surface area contributed by atoms with Gasteiger partial charge >= 0.3 is 0 Å². The highest BCUT2D eigenvalue weighted by atomic mass is 32.2. The van der Waals surface area contributed by atoms with Crippen LogP contribution in [0.4, 0.5) is 0 Å². The lowest BCUT2D eigenvalue weighted by Crippen LogP contribution is -2.35. The van der Waals surface area contributed by atoms with Gasteiger partial charge in [-0.05, 0) is 43.4 Å². The van der Waals surface area contributed by atoms with Crippen molar-refractivity contribution in [3.05, 3.63) is 0 Å². The van der Waals surface area contributed by atoms with Gasteiger partial charge in [0.05, 0.1) is 17.6 Å². The molecule has 0 aromatic heterocycles. The lowest BCUT2D eigenvalue weighted by atomic mass is 9.72. The van der Waals surface area contributed by atoms with Gasteiger partial charge in [-0.3, -0.25) is 0 Å². The maximum Gasteiger partial charge on any atom is 0.150 e. The molecule has 3 nitrogen and oxygen atoms in total. The Kier molecular flexibility index (Phi) is 4.14. The van der Waals surface area contributed by atoms with Crippen LogP contribution in [0.3, 0.4) is 0 Å². The maximum atomic E-state index is 11.5. The summed E-state index contributed by atoms with van der Waals surface area (Å²) in [5, 5.41) is 10.1. The van der Waals surface area contributed by atoms with E-state index in [1.54, 1.807) is 0 Å². The summed E-state index contributed by atoms with van der Waals surface area (Å²) in [6.45, 7) is 2.19. The number of aliphatic hydroxyl groups excluding tert-OH is 1. The van der Waals surface area contributed by atoms with E-state index in [1.807, 2.05) is 0 Å². The molecule has 0 radical (unpaired) electrons. The summed E-state index contributed by atoms with van der Waals surface area (Å²) in [6, 6.07) is 0. The number of aliphatic hydroxyl groups is 1. The minimum atomic E-state index is -2.81. The first kappa shape index (κ1) is 13.3. The van der Waals surface area contributed by atoms with Crippen molar-refractivity contribution < 1.29 is 13.5 Å². The molecule has 1 heterocycles. The van der Waals surface area contributed by atoms with E-state index in [-0.39, 0.29) is 17.9 Å². The summed E-state index contributed by atoms with van der Waals surface area (Å²) in [5.41, 5.74) is 0. The SMILES string of the molecule is CCCC1CCC(O)C(C2CCS(=O)(=O)C2)C1. The van der Waals surface area contributed by atoms with Crippen molar-refractivity contribution in [1.82, 2.24) is 0 Å². The Morgan fingerprint density at radius 2 is 2.00 bits per heavy atom. The predicted molar refractivity (Wildman–Crippen MR) is 68.5 cm³/mol. The predicted octanol–water partition coefficient (Wildman–Crippen LogP) is 2.00. The van der Waals surface area contributed by atoms with Crippen molar-refractivity contribution in [3.8, 4) is 0 Å². The summed E-state index contributed by atoms with van der Waals surface area (Å²) in [7, 11) is -2.81. The lowest BCUT2D eigenvalue weighted by molar-refractivity contribution is 0.0206. The number of hydrogen-bond donors (Lipinski definition) is 1. The van der Waals surface area contributed by atoms with Crippen LogP contribution in [-0.4, -0.2) is 31.1 Å². The van der Waals surface area contributed by atoms with E-state index >= 15 is 0 Å². The highest BCUT2D eigenvalue weighted by Gasteiger charge is 2.39. The fraction of sp³-hybridized carbons (Fsp3) is 1.00. The van der Waals surface area contributed by atoms with Crippen molar-refractivity contribution in [3.63, 3.8) is 0 Å². The molecule has 1 N–H and O–H groups in total. The van der Waals surface area contributed by atoms with Gasteiger partial charge < -0.3 is 5.11 Å². The third-order valence-electron chi connectivity index (χ3n) is 4.54. The second kappa shape index (κ2) is 5.27. The lowest BCUT2D eigenvalue weighted by Gasteiger charge is -2.36. The molecule has 2 aliphatic rings. The van der Waals surface area contributed by atoms with E-state index in [1.165, 1.54) is 12.8 Å². The molecule has 1 aliphatic heterocycles. The third-order valence-corrected chi connectivity index (χ3v) is 6.33. The average molecular weight is 260 g/mol. The molecule has 4 heteroatoms. The second-order valence-corrected chi connectivity index (χ2v) is 8.09. The first-order valence-electron chi connectivity index (χ1n) is 6.90. The van der Waals surface area contributed by atoms with Gasteiger partial charge in [-0.1, -0.05) is 19.8 Å². The van der Waals surface area contributed by atoms with Crippen LogP contribution in [-0.2, 0) is 9.84 Å². The van der Waals surface area contributed by atoms with E-state index in [4.69, 9.17) is 0 Å². The van der Waals surface area contributed by atoms with E-state index in [9.17, 15) is 13.5 Å². The van der Waals surface area contributed by atoms with Crippen LogP contribution in [0.5, 0.6) is 0 Å². The molecule has 1 aliphatic carbocycles. The summed E-state index contributed by atoms with van der Waals surface area (Å²) in [4.78, 5) is 0. The second-order valence-electron chi connectivity index (χ2n) is 5.86. The summed E-state index contributed by atoms with van der Waals surface area (Å²) in [6.07, 6.45) is 5.94. The first-order chi connectivity index (χ1) is 8.02. The Bertz CT molecular complexity index is 350. The maximum absolute atomic E-state index is 11.5. The molecule has 1 saturated carbocycles. The number of rotatable bonds is 3. The first-order valence-corrected chi connectivity index (χ1v) is 8.72. The van der Waals surface area contributed by atoms with Gasteiger partial charge in [0.1, 0.15) is 0 Å². The molecule has 0 aromatic rings. The molecule has 100 valence electrons. The van der Waals surface area contributed by atoms with Crippen LogP contribution in [0.2, 0.25) is 0 Å². The summed E-state index contributed by atoms with van der Waals surface area (Å²) >= 11 is 0. The zero-order chi connectivity index (χ0) is 12.5. The molecular weight excluding hydrogens is 236 g/mol. The minimum Gasteiger partial charge on any atom is -0.393 e. The van der Waals surface area contributed by atoms with Crippen LogP contribution in [0.1, 0.15) is 45.4 Å². The van der Waals surface area contributed by atoms with Gasteiger partial charge in [0.25, 0.3) is 0 Å². The molecular formula is C13H24O3S. The minimum absolute atomic E-state index is 0.217. The molecule has 2 rings (SSSR count). The van der Waals surface area contributed by atoms with Crippen molar-refractivity contribution in [1.29, 1.82) is 0 Å². The van der Waals surface area contributed by atoms with E-state index in [2.05, 4.69) is 6.92 Å². The Balaban J connectivity index is 1.98. The molecule has 4 unspecified atom stereocenters. The number of hydrogen-bond acceptors (Lipinski definition) is 3.